The predicted molar refractivity (Wildman–Crippen MR) is 150 cm³/mol. The van der Waals surface area contributed by atoms with Gasteiger partial charge in [0, 0.05) is 20.0 Å². The van der Waals surface area contributed by atoms with E-state index in [2.05, 4.69) is 44.9 Å². The zero-order chi connectivity index (χ0) is 28.4. The largest absolute Gasteiger partial charge is 0.382 e. The molecule has 2 amide bonds. The van der Waals surface area contributed by atoms with Gasteiger partial charge in [0.15, 0.2) is 28.4 Å². The molecule has 39 heavy (non-hydrogen) atoms. The Kier molecular flexibility index (Phi) is 10.6. The summed E-state index contributed by atoms with van der Waals surface area (Å²) < 4.78 is 0. The van der Waals surface area contributed by atoms with Crippen LogP contribution in [0.15, 0.2) is 48.5 Å². The highest BCUT2D eigenvalue weighted by molar-refractivity contribution is 6.31. The third-order valence-corrected chi connectivity index (χ3v) is 6.22. The Morgan fingerprint density at radius 1 is 0.949 bits per heavy atom. The average molecular weight is 554 g/mol. The van der Waals surface area contributed by atoms with Gasteiger partial charge in [-0.1, -0.05) is 60.1 Å². The van der Waals surface area contributed by atoms with Crippen molar-refractivity contribution in [3.8, 4) is 11.1 Å². The number of benzene rings is 2. The van der Waals surface area contributed by atoms with Gasteiger partial charge in [0.1, 0.15) is 0 Å². The molecule has 0 saturated carbocycles. The highest BCUT2D eigenvalue weighted by Crippen LogP contribution is 2.22. The van der Waals surface area contributed by atoms with Gasteiger partial charge in [0.05, 0.1) is 0 Å². The molecule has 0 saturated heterocycles. The number of nitrogens with two attached hydrogens (primary N) is 2. The standard InChI is InChI=1S/C26H32ClN9O3/c1-36(35-39)20(37)14-9-17-7-12-19(13-8-17)18-10-5-16(6-11-18)4-2-3-15-31-26(30)34-25(38)21-23(28)33-24(29)22(27)32-21/h5-8,10-13,35,39H,2-4,9,14-15H2,1H3,(H4,28,29,33)(H3,30,31,34,38). The molecule has 1 heterocycles. The summed E-state index contributed by atoms with van der Waals surface area (Å²) in [5.41, 5.74) is 17.2. The Hall–Kier alpha value is -4.26. The third kappa shape index (κ3) is 8.64. The van der Waals surface area contributed by atoms with Crippen LogP contribution in [0.1, 0.15) is 40.9 Å². The molecule has 2 aromatic carbocycles. The minimum Gasteiger partial charge on any atom is -0.382 e. The van der Waals surface area contributed by atoms with Gasteiger partial charge < -0.3 is 16.8 Å². The highest BCUT2D eigenvalue weighted by Gasteiger charge is 2.17. The Morgan fingerprint density at radius 2 is 1.54 bits per heavy atom. The fraction of sp³-hybridized carbons (Fsp3) is 0.269. The molecular formula is C26H32ClN9O3. The van der Waals surface area contributed by atoms with Crippen LogP contribution in [0.5, 0.6) is 0 Å². The second kappa shape index (κ2) is 14.0. The molecule has 206 valence electrons. The number of hydrogen-bond acceptors (Lipinski definition) is 9. The number of hydrogen-bond donors (Lipinski definition) is 7. The van der Waals surface area contributed by atoms with Gasteiger partial charge >= 0.3 is 0 Å². The topological polar surface area (TPSA) is 195 Å². The number of anilines is 2. The van der Waals surface area contributed by atoms with Crippen LogP contribution >= 0.6 is 11.6 Å². The molecule has 0 unspecified atom stereocenters. The smallest absolute Gasteiger partial charge is 0.280 e. The number of carbonyl (C=O) groups is 2. The Morgan fingerprint density at radius 3 is 2.13 bits per heavy atom. The molecule has 9 N–H and O–H groups in total. The van der Waals surface area contributed by atoms with Crippen molar-refractivity contribution in [2.24, 2.45) is 0 Å². The van der Waals surface area contributed by atoms with Crippen molar-refractivity contribution in [2.45, 2.75) is 32.1 Å². The highest BCUT2D eigenvalue weighted by atomic mass is 35.5. The molecule has 1 aromatic heterocycles. The van der Waals surface area contributed by atoms with Crippen molar-refractivity contribution in [3.63, 3.8) is 0 Å². The molecule has 0 fully saturated rings. The lowest BCUT2D eigenvalue weighted by molar-refractivity contribution is -0.141. The first-order valence-corrected chi connectivity index (χ1v) is 12.6. The lowest BCUT2D eigenvalue weighted by Crippen LogP contribution is -2.41. The maximum absolute atomic E-state index is 12.2. The Balaban J connectivity index is 1.38. The number of aromatic nitrogens is 2. The van der Waals surface area contributed by atoms with E-state index in [0.717, 1.165) is 41.0 Å². The van der Waals surface area contributed by atoms with Gasteiger partial charge in [-0.3, -0.25) is 30.5 Å². The fourth-order valence-electron chi connectivity index (χ4n) is 3.70. The molecular weight excluding hydrogens is 522 g/mol. The number of hydrazine groups is 1. The minimum atomic E-state index is -0.701. The maximum atomic E-state index is 12.2. The molecule has 12 nitrogen and oxygen atoms in total. The number of nitrogens with one attached hydrogen (secondary N) is 4. The lowest BCUT2D eigenvalue weighted by Gasteiger charge is -2.13. The summed E-state index contributed by atoms with van der Waals surface area (Å²) in [5.74, 6) is -1.31. The van der Waals surface area contributed by atoms with Gasteiger partial charge in [-0.25, -0.2) is 9.97 Å². The molecule has 0 radical (unpaired) electrons. The van der Waals surface area contributed by atoms with Crippen LogP contribution in [0.2, 0.25) is 5.15 Å². The van der Waals surface area contributed by atoms with Crippen molar-refractivity contribution >= 4 is 41.0 Å². The first kappa shape index (κ1) is 29.3. The molecule has 0 aliphatic heterocycles. The SMILES string of the molecule is CN(NO)C(=O)CCc1ccc(-c2ccc(CCCCNC(=N)NC(=O)c3nc(Cl)c(N)nc3N)cc2)cc1. The number of aryl methyl sites for hydroxylation is 2. The normalized spacial score (nSPS) is 10.6. The zero-order valence-corrected chi connectivity index (χ0v) is 22.3. The first-order chi connectivity index (χ1) is 18.7. The molecule has 3 aromatic rings. The van der Waals surface area contributed by atoms with Gasteiger partial charge in [-0.05, 0) is 47.9 Å². The number of amides is 2. The molecule has 0 bridgehead atoms. The number of halogens is 1. The summed E-state index contributed by atoms with van der Waals surface area (Å²) in [6, 6.07) is 16.4. The third-order valence-electron chi connectivity index (χ3n) is 5.95. The van der Waals surface area contributed by atoms with Crippen molar-refractivity contribution < 1.29 is 14.8 Å². The van der Waals surface area contributed by atoms with Gasteiger partial charge in [0.2, 0.25) is 5.91 Å². The fourth-order valence-corrected chi connectivity index (χ4v) is 3.82. The molecule has 0 atom stereocenters. The second-order valence-electron chi connectivity index (χ2n) is 8.79. The molecule has 13 heteroatoms. The van der Waals surface area contributed by atoms with Gasteiger partial charge in [-0.2, -0.15) is 0 Å². The van der Waals surface area contributed by atoms with Crippen LogP contribution in [0.25, 0.3) is 11.1 Å². The van der Waals surface area contributed by atoms with E-state index in [9.17, 15) is 9.59 Å². The van der Waals surface area contributed by atoms with Crippen LogP contribution in [-0.2, 0) is 17.6 Å². The molecule has 0 spiro atoms. The van der Waals surface area contributed by atoms with E-state index >= 15 is 0 Å². The van der Waals surface area contributed by atoms with Crippen LogP contribution in [0, 0.1) is 5.41 Å². The van der Waals surface area contributed by atoms with Crippen molar-refractivity contribution in [1.29, 1.82) is 5.41 Å². The summed E-state index contributed by atoms with van der Waals surface area (Å²) in [6.07, 6.45) is 3.46. The number of guanidine groups is 1. The van der Waals surface area contributed by atoms with Crippen molar-refractivity contribution in [2.75, 3.05) is 25.1 Å². The molecule has 0 aliphatic carbocycles. The van der Waals surface area contributed by atoms with Gasteiger partial charge in [0.25, 0.3) is 5.91 Å². The summed E-state index contributed by atoms with van der Waals surface area (Å²) in [5, 5.41) is 22.8. The monoisotopic (exact) mass is 553 g/mol. The predicted octanol–water partition coefficient (Wildman–Crippen LogP) is 2.52. The number of carbonyl (C=O) groups excluding carboxylic acids is 2. The van der Waals surface area contributed by atoms with Crippen molar-refractivity contribution in [1.82, 2.24) is 31.2 Å². The van der Waals surface area contributed by atoms with E-state index in [1.807, 2.05) is 29.9 Å². The van der Waals surface area contributed by atoms with E-state index in [4.69, 9.17) is 33.7 Å². The van der Waals surface area contributed by atoms with E-state index in [1.165, 1.54) is 12.6 Å². The summed E-state index contributed by atoms with van der Waals surface area (Å²) in [4.78, 5) is 31.6. The second-order valence-corrected chi connectivity index (χ2v) is 9.15. The van der Waals surface area contributed by atoms with Gasteiger partial charge in [-0.15, -0.1) is 5.59 Å². The summed E-state index contributed by atoms with van der Waals surface area (Å²) in [7, 11) is 1.47. The molecule has 3 rings (SSSR count). The van der Waals surface area contributed by atoms with Crippen LogP contribution in [0.3, 0.4) is 0 Å². The number of unbranched alkanes of at least 4 members (excludes halogenated alkanes) is 1. The molecule has 0 aliphatic rings. The Labute approximate surface area is 231 Å². The summed E-state index contributed by atoms with van der Waals surface area (Å²) in [6.45, 7) is 0.506. The van der Waals surface area contributed by atoms with E-state index in [-0.39, 0.29) is 34.3 Å². The first-order valence-electron chi connectivity index (χ1n) is 12.2. The van der Waals surface area contributed by atoms with Crippen LogP contribution in [-0.4, -0.2) is 51.6 Å². The number of nitrogen functional groups attached to an aromatic ring is 2. The van der Waals surface area contributed by atoms with Crippen molar-refractivity contribution in [3.05, 3.63) is 70.5 Å². The lowest BCUT2D eigenvalue weighted by atomic mass is 9.99. The van der Waals surface area contributed by atoms with E-state index in [1.54, 1.807) is 0 Å². The minimum absolute atomic E-state index is 0.0734. The zero-order valence-electron chi connectivity index (χ0n) is 21.5. The quantitative estimate of drug-likeness (QED) is 0.0807. The van der Waals surface area contributed by atoms with E-state index in [0.29, 0.717) is 19.4 Å². The van der Waals surface area contributed by atoms with Crippen LogP contribution < -0.4 is 27.7 Å². The van der Waals surface area contributed by atoms with E-state index < -0.39 is 5.91 Å². The van der Waals surface area contributed by atoms with Crippen LogP contribution in [0.4, 0.5) is 11.6 Å². The average Bonchev–Trinajstić information content (AvgIpc) is 2.93. The number of rotatable bonds is 11. The maximum Gasteiger partial charge on any atom is 0.280 e. The number of nitrogens with zero attached hydrogens (tertiary/aromatic N) is 3. The summed E-state index contributed by atoms with van der Waals surface area (Å²) >= 11 is 5.79. The Bertz CT molecular complexity index is 1300.